The number of likely N-dealkylation sites (tertiary alicyclic amines) is 1. The highest BCUT2D eigenvalue weighted by atomic mass is 127. The van der Waals surface area contributed by atoms with Crippen LogP contribution in [-0.2, 0) is 0 Å². The third-order valence-electron chi connectivity index (χ3n) is 3.09. The molecule has 1 saturated heterocycles. The molecule has 0 unspecified atom stereocenters. The van der Waals surface area contributed by atoms with Crippen LogP contribution in [0.1, 0.15) is 38.3 Å². The largest absolute Gasteiger partial charge is 0.475 e. The lowest BCUT2D eigenvalue weighted by atomic mass is 10.1. The number of nitrogens with zero attached hydrogens (tertiary/aromatic N) is 2. The number of pyridine rings is 1. The Morgan fingerprint density at radius 2 is 2.29 bits per heavy atom. The predicted octanol–water partition coefficient (Wildman–Crippen LogP) is 3.24. The van der Waals surface area contributed by atoms with Crippen LogP contribution in [0, 0.1) is 3.57 Å². The molecule has 1 atom stereocenters. The maximum Gasteiger partial charge on any atom is 0.214 e. The Morgan fingerprint density at radius 3 is 2.82 bits per heavy atom. The van der Waals surface area contributed by atoms with Crippen molar-refractivity contribution in [1.82, 2.24) is 9.88 Å². The van der Waals surface area contributed by atoms with Crippen molar-refractivity contribution in [2.45, 2.75) is 38.8 Å². The van der Waals surface area contributed by atoms with E-state index in [1.807, 2.05) is 26.1 Å². The van der Waals surface area contributed by atoms with E-state index in [0.717, 1.165) is 5.88 Å². The highest BCUT2D eigenvalue weighted by Crippen LogP contribution is 2.33. The second-order valence-corrected chi connectivity index (χ2v) is 6.01. The van der Waals surface area contributed by atoms with Gasteiger partial charge in [0, 0.05) is 27.4 Å². The summed E-state index contributed by atoms with van der Waals surface area (Å²) in [5, 5.41) is 0. The summed E-state index contributed by atoms with van der Waals surface area (Å²) >= 11 is 2.39. The van der Waals surface area contributed by atoms with Crippen LogP contribution in [0.5, 0.6) is 5.88 Å². The van der Waals surface area contributed by atoms with E-state index in [1.54, 1.807) is 0 Å². The van der Waals surface area contributed by atoms with E-state index in [4.69, 9.17) is 4.74 Å². The molecule has 4 heteroatoms. The molecule has 0 spiro atoms. The fourth-order valence-corrected chi connectivity index (χ4v) is 3.04. The third kappa shape index (κ3) is 3.10. The normalized spacial score (nSPS) is 21.1. The summed E-state index contributed by atoms with van der Waals surface area (Å²) in [4.78, 5) is 6.81. The van der Waals surface area contributed by atoms with E-state index in [0.29, 0.717) is 6.04 Å². The van der Waals surface area contributed by atoms with Crippen LogP contribution in [-0.4, -0.2) is 29.6 Å². The molecule has 0 saturated carbocycles. The Hall–Kier alpha value is -0.360. The number of aromatic nitrogens is 1. The van der Waals surface area contributed by atoms with Gasteiger partial charge in [0.15, 0.2) is 0 Å². The molecule has 17 heavy (non-hydrogen) atoms. The van der Waals surface area contributed by atoms with Gasteiger partial charge < -0.3 is 4.74 Å². The Morgan fingerprint density at radius 1 is 1.53 bits per heavy atom. The van der Waals surface area contributed by atoms with Gasteiger partial charge in [0.1, 0.15) is 0 Å². The Bertz CT molecular complexity index is 395. The summed E-state index contributed by atoms with van der Waals surface area (Å²) in [6, 6.07) is 2.57. The molecule has 1 aliphatic heterocycles. The fourth-order valence-electron chi connectivity index (χ4n) is 2.28. The van der Waals surface area contributed by atoms with E-state index in [9.17, 15) is 0 Å². The van der Waals surface area contributed by atoms with Crippen LogP contribution in [0.25, 0.3) is 0 Å². The molecule has 0 bridgehead atoms. The summed E-state index contributed by atoms with van der Waals surface area (Å²) in [5.74, 6) is 0.730. The van der Waals surface area contributed by atoms with Crippen LogP contribution in [0.4, 0.5) is 0 Å². The maximum absolute atomic E-state index is 5.61. The van der Waals surface area contributed by atoms with Gasteiger partial charge in [0.05, 0.1) is 6.10 Å². The minimum Gasteiger partial charge on any atom is -0.475 e. The first-order valence-electron chi connectivity index (χ1n) is 6.10. The summed E-state index contributed by atoms with van der Waals surface area (Å²) < 4.78 is 6.87. The fraction of sp³-hybridized carbons (Fsp3) is 0.615. The molecule has 1 aromatic heterocycles. The van der Waals surface area contributed by atoms with Gasteiger partial charge in [-0.1, -0.05) is 0 Å². The van der Waals surface area contributed by atoms with Crippen molar-refractivity contribution < 1.29 is 4.74 Å². The summed E-state index contributed by atoms with van der Waals surface area (Å²) in [5.41, 5.74) is 1.33. The average molecular weight is 346 g/mol. The van der Waals surface area contributed by atoms with E-state index in [2.05, 4.69) is 39.5 Å². The molecule has 0 amide bonds. The van der Waals surface area contributed by atoms with Gasteiger partial charge in [0.2, 0.25) is 5.88 Å². The summed E-state index contributed by atoms with van der Waals surface area (Å²) in [7, 11) is 2.19. The monoisotopic (exact) mass is 346 g/mol. The van der Waals surface area contributed by atoms with Gasteiger partial charge in [-0.05, 0) is 62.9 Å². The zero-order valence-corrected chi connectivity index (χ0v) is 12.8. The van der Waals surface area contributed by atoms with Crippen molar-refractivity contribution in [3.63, 3.8) is 0 Å². The zero-order valence-electron chi connectivity index (χ0n) is 10.6. The summed E-state index contributed by atoms with van der Waals surface area (Å²) in [6.45, 7) is 5.23. The predicted molar refractivity (Wildman–Crippen MR) is 77.3 cm³/mol. The lowest BCUT2D eigenvalue weighted by Gasteiger charge is -2.21. The third-order valence-corrected chi connectivity index (χ3v) is 4.03. The van der Waals surface area contributed by atoms with E-state index in [-0.39, 0.29) is 6.10 Å². The summed E-state index contributed by atoms with van der Waals surface area (Å²) in [6.07, 6.45) is 4.67. The second-order valence-electron chi connectivity index (χ2n) is 4.85. The quantitative estimate of drug-likeness (QED) is 0.786. The lowest BCUT2D eigenvalue weighted by molar-refractivity contribution is 0.232. The van der Waals surface area contributed by atoms with Crippen molar-refractivity contribution in [1.29, 1.82) is 0 Å². The van der Waals surface area contributed by atoms with E-state index in [1.165, 1.54) is 28.5 Å². The first-order chi connectivity index (χ1) is 8.08. The minimum atomic E-state index is 0.179. The number of hydrogen-bond donors (Lipinski definition) is 0. The molecule has 0 aromatic carbocycles. The molecule has 1 aliphatic rings. The maximum atomic E-state index is 5.61. The van der Waals surface area contributed by atoms with Gasteiger partial charge in [-0.25, -0.2) is 4.98 Å². The van der Waals surface area contributed by atoms with Crippen molar-refractivity contribution in [2.24, 2.45) is 0 Å². The highest BCUT2D eigenvalue weighted by molar-refractivity contribution is 14.1. The number of rotatable bonds is 3. The Labute approximate surface area is 117 Å². The minimum absolute atomic E-state index is 0.179. The Kier molecular flexibility index (Phi) is 4.25. The first-order valence-corrected chi connectivity index (χ1v) is 7.18. The molecule has 1 fully saturated rings. The van der Waals surface area contributed by atoms with Crippen LogP contribution in [0.2, 0.25) is 0 Å². The molecule has 2 rings (SSSR count). The highest BCUT2D eigenvalue weighted by Gasteiger charge is 2.24. The van der Waals surface area contributed by atoms with Crippen LogP contribution >= 0.6 is 22.6 Å². The zero-order chi connectivity index (χ0) is 12.4. The molecule has 1 aromatic rings. The second kappa shape index (κ2) is 5.52. The number of hydrogen-bond acceptors (Lipinski definition) is 3. The van der Waals surface area contributed by atoms with Gasteiger partial charge in [0.25, 0.3) is 0 Å². The number of ether oxygens (including phenoxy) is 1. The topological polar surface area (TPSA) is 25.4 Å². The smallest absolute Gasteiger partial charge is 0.214 e. The van der Waals surface area contributed by atoms with Crippen molar-refractivity contribution in [3.05, 3.63) is 21.4 Å². The molecule has 0 radical (unpaired) electrons. The van der Waals surface area contributed by atoms with Crippen molar-refractivity contribution >= 4 is 22.6 Å². The SMILES string of the molecule is CC(C)Oc1cc(I)c([C@@H]2CCCN2C)cn1. The van der Waals surface area contributed by atoms with Crippen LogP contribution in [0.15, 0.2) is 12.3 Å². The number of halogens is 1. The van der Waals surface area contributed by atoms with Crippen molar-refractivity contribution in [2.75, 3.05) is 13.6 Å². The molecule has 94 valence electrons. The Balaban J connectivity index is 2.19. The molecular formula is C13H19IN2O. The van der Waals surface area contributed by atoms with Gasteiger partial charge in [-0.3, -0.25) is 4.90 Å². The van der Waals surface area contributed by atoms with Gasteiger partial charge in [-0.2, -0.15) is 0 Å². The molecule has 2 heterocycles. The van der Waals surface area contributed by atoms with E-state index < -0.39 is 0 Å². The molecular weight excluding hydrogens is 327 g/mol. The molecule has 3 nitrogen and oxygen atoms in total. The van der Waals surface area contributed by atoms with Crippen LogP contribution < -0.4 is 4.74 Å². The lowest BCUT2D eigenvalue weighted by Crippen LogP contribution is -2.18. The standard InChI is InChI=1S/C13H19IN2O/c1-9(2)17-13-7-11(14)10(8-15-13)12-5-4-6-16(12)3/h7-9,12H,4-6H2,1-3H3/t12-/m0/s1. The van der Waals surface area contributed by atoms with Crippen molar-refractivity contribution in [3.8, 4) is 5.88 Å². The van der Waals surface area contributed by atoms with Gasteiger partial charge in [-0.15, -0.1) is 0 Å². The van der Waals surface area contributed by atoms with Crippen LogP contribution in [0.3, 0.4) is 0 Å². The first kappa shape index (κ1) is 13.1. The average Bonchev–Trinajstić information content (AvgIpc) is 2.64. The van der Waals surface area contributed by atoms with Gasteiger partial charge >= 0.3 is 0 Å². The molecule has 0 N–H and O–H groups in total. The van der Waals surface area contributed by atoms with E-state index >= 15 is 0 Å². The molecule has 0 aliphatic carbocycles.